The Morgan fingerprint density at radius 1 is 1.04 bits per heavy atom. The molecular formula is C35H36N10O7S2. The van der Waals surface area contributed by atoms with Gasteiger partial charge in [0.2, 0.25) is 22.9 Å². The molecular weight excluding hydrogens is 737 g/mol. The van der Waals surface area contributed by atoms with Gasteiger partial charge in [-0.1, -0.05) is 54.2 Å². The number of hydrogen-bond acceptors (Lipinski definition) is 13. The number of carbonyl (C=O) groups excluding carboxylic acids is 4. The number of β-lactam (4-membered cyclic amide) rings is 1. The minimum atomic E-state index is -1.28. The molecule has 2 unspecified atom stereocenters. The van der Waals surface area contributed by atoms with Crippen molar-refractivity contribution < 1.29 is 29.1 Å². The number of thioether (sulfide) groups is 2. The number of carboxylic acid groups (broad SMARTS) is 1. The van der Waals surface area contributed by atoms with Crippen LogP contribution >= 0.6 is 23.5 Å². The van der Waals surface area contributed by atoms with Crippen molar-refractivity contribution in [1.29, 1.82) is 0 Å². The number of amides is 4. The summed E-state index contributed by atoms with van der Waals surface area (Å²) in [7, 11) is 1.66. The summed E-state index contributed by atoms with van der Waals surface area (Å²) in [5, 5.41) is 21.3. The Hall–Kier alpha value is -5.63. The van der Waals surface area contributed by atoms with Gasteiger partial charge in [-0.15, -0.1) is 16.9 Å². The van der Waals surface area contributed by atoms with Crippen molar-refractivity contribution in [3.05, 3.63) is 99.5 Å². The topological polar surface area (TPSA) is 244 Å². The smallest absolute Gasteiger partial charge is 0.352 e. The van der Waals surface area contributed by atoms with Crippen LogP contribution in [0, 0.1) is 0 Å². The molecule has 0 aliphatic carbocycles. The highest BCUT2D eigenvalue weighted by atomic mass is 32.2. The molecule has 1 saturated heterocycles. The van der Waals surface area contributed by atoms with E-state index in [-0.39, 0.29) is 29.3 Å². The van der Waals surface area contributed by atoms with E-state index in [9.17, 15) is 33.9 Å². The van der Waals surface area contributed by atoms with Crippen molar-refractivity contribution in [3.63, 3.8) is 0 Å². The number of nitrogens with one attached hydrogen (secondary N) is 1. The normalized spacial score (nSPS) is 17.6. The highest BCUT2D eigenvalue weighted by molar-refractivity contribution is 8.01. The van der Waals surface area contributed by atoms with Crippen molar-refractivity contribution in [2.24, 2.45) is 18.5 Å². The van der Waals surface area contributed by atoms with E-state index in [4.69, 9.17) is 11.5 Å². The molecule has 19 heteroatoms. The molecule has 280 valence electrons. The van der Waals surface area contributed by atoms with Crippen LogP contribution in [0.25, 0.3) is 11.3 Å². The maximum atomic E-state index is 14.2. The number of imide groups is 1. The number of H-pyrrole nitrogens is 1. The minimum absolute atomic E-state index is 0.157. The van der Waals surface area contributed by atoms with Gasteiger partial charge in [-0.2, -0.15) is 0 Å². The Morgan fingerprint density at radius 3 is 2.33 bits per heavy atom. The highest BCUT2D eigenvalue weighted by Gasteiger charge is 2.57. The number of aryl methyl sites for hydroxylation is 1. The number of carbonyl (C=O) groups is 5. The maximum absolute atomic E-state index is 14.2. The molecule has 17 nitrogen and oxygen atoms in total. The molecule has 6 rings (SSSR count). The number of rotatable bonds is 12. The van der Waals surface area contributed by atoms with Crippen molar-refractivity contribution in [2.75, 3.05) is 16.4 Å². The van der Waals surface area contributed by atoms with E-state index in [0.29, 0.717) is 33.2 Å². The van der Waals surface area contributed by atoms with Gasteiger partial charge in [0.15, 0.2) is 0 Å². The summed E-state index contributed by atoms with van der Waals surface area (Å²) in [6.45, 7) is 2.44. The third kappa shape index (κ3) is 7.43. The summed E-state index contributed by atoms with van der Waals surface area (Å²) < 4.78 is 1.45. The summed E-state index contributed by atoms with van der Waals surface area (Å²) >= 11 is 2.54. The van der Waals surface area contributed by atoms with Crippen LogP contribution in [0.2, 0.25) is 0 Å². The minimum Gasteiger partial charge on any atom is -0.477 e. The molecule has 0 spiro atoms. The Kier molecular flexibility index (Phi) is 11.1. The fourth-order valence-corrected chi connectivity index (χ4v) is 8.56. The molecule has 4 aromatic rings. The molecule has 2 aromatic carbocycles. The first kappa shape index (κ1) is 38.1. The van der Waals surface area contributed by atoms with Crippen molar-refractivity contribution >= 4 is 58.8 Å². The molecule has 4 amide bonds. The number of tetrazole rings is 1. The number of aromatic amines is 1. The molecule has 0 radical (unpaired) electrons. The number of pyridine rings is 1. The van der Waals surface area contributed by atoms with E-state index >= 15 is 0 Å². The van der Waals surface area contributed by atoms with E-state index < -0.39 is 58.7 Å². The first-order chi connectivity index (χ1) is 25.8. The van der Waals surface area contributed by atoms with E-state index in [1.54, 1.807) is 67.7 Å². The number of aromatic nitrogens is 5. The van der Waals surface area contributed by atoms with Crippen molar-refractivity contribution in [1.82, 2.24) is 35.0 Å². The standard InChI is InChI=1S/C35H36N10O7S2/c1-18(36)30(48)44(19(2)46)24-12-9-20(10-13-24)25-14-11-22(29(47)38-25)15-43(31(49)26(37)21-7-5-4-6-8-21)28-32(50)45-27(34(51)52)23(16-53-33(28)45)17-54-35-39-40-41-42(35)3/h4-14,18,26,28,33H,15-17,36-37H2,1-3H3,(H,38,47)(H,51,52)/t18-,26?,28?,33-/m0/s1. The Balaban J connectivity index is 1.28. The fourth-order valence-electron chi connectivity index (χ4n) is 6.16. The van der Waals surface area contributed by atoms with Gasteiger partial charge in [-0.25, -0.2) is 14.4 Å². The average Bonchev–Trinajstić information content (AvgIpc) is 3.57. The van der Waals surface area contributed by atoms with E-state index in [1.165, 1.54) is 57.9 Å². The second-order valence-corrected chi connectivity index (χ2v) is 14.6. The Bertz CT molecular complexity index is 2210. The lowest BCUT2D eigenvalue weighted by molar-refractivity contribution is -0.161. The molecule has 2 aromatic heterocycles. The maximum Gasteiger partial charge on any atom is 0.352 e. The van der Waals surface area contributed by atoms with Gasteiger partial charge in [0, 0.05) is 36.7 Å². The van der Waals surface area contributed by atoms with Crippen LogP contribution in [0.4, 0.5) is 5.69 Å². The summed E-state index contributed by atoms with van der Waals surface area (Å²) in [5.74, 6) is -3.11. The zero-order valence-electron chi connectivity index (χ0n) is 29.3. The zero-order valence-corrected chi connectivity index (χ0v) is 30.9. The van der Waals surface area contributed by atoms with Gasteiger partial charge in [-0.3, -0.25) is 28.9 Å². The monoisotopic (exact) mass is 772 g/mol. The first-order valence-electron chi connectivity index (χ1n) is 16.6. The van der Waals surface area contributed by atoms with Gasteiger partial charge in [0.1, 0.15) is 23.2 Å². The van der Waals surface area contributed by atoms with Gasteiger partial charge >= 0.3 is 5.97 Å². The fraction of sp³-hybridized carbons (Fsp3) is 0.286. The summed E-state index contributed by atoms with van der Waals surface area (Å²) in [6, 6.07) is 14.9. The van der Waals surface area contributed by atoms with Crippen LogP contribution < -0.4 is 21.9 Å². The largest absolute Gasteiger partial charge is 0.477 e. The van der Waals surface area contributed by atoms with Gasteiger partial charge in [-0.05, 0) is 58.3 Å². The summed E-state index contributed by atoms with van der Waals surface area (Å²) in [4.78, 5) is 85.2. The van der Waals surface area contributed by atoms with Crippen molar-refractivity contribution in [3.8, 4) is 11.3 Å². The number of benzene rings is 2. The third-order valence-corrected chi connectivity index (χ3v) is 11.3. The number of hydrogen-bond donors (Lipinski definition) is 4. The van der Waals surface area contributed by atoms with Crippen LogP contribution in [-0.4, -0.2) is 98.7 Å². The third-order valence-electron chi connectivity index (χ3n) is 8.92. The van der Waals surface area contributed by atoms with Crippen LogP contribution in [-0.2, 0) is 37.6 Å². The molecule has 6 N–H and O–H groups in total. The Labute approximate surface area is 316 Å². The van der Waals surface area contributed by atoms with E-state index in [0.717, 1.165) is 4.90 Å². The van der Waals surface area contributed by atoms with E-state index in [2.05, 4.69) is 20.5 Å². The molecule has 0 saturated carbocycles. The number of nitrogens with two attached hydrogens (primary N) is 2. The lowest BCUT2D eigenvalue weighted by Gasteiger charge is -2.53. The molecule has 2 aliphatic rings. The van der Waals surface area contributed by atoms with Gasteiger partial charge in [0.25, 0.3) is 11.5 Å². The van der Waals surface area contributed by atoms with Crippen LogP contribution in [0.15, 0.2) is 88.0 Å². The molecule has 2 aliphatic heterocycles. The predicted octanol–water partition coefficient (Wildman–Crippen LogP) is 1.24. The quantitative estimate of drug-likeness (QED) is 0.117. The second kappa shape index (κ2) is 15.8. The van der Waals surface area contributed by atoms with Crippen molar-refractivity contribution in [2.45, 2.75) is 49.0 Å². The second-order valence-electron chi connectivity index (χ2n) is 12.6. The lowest BCUT2D eigenvalue weighted by atomic mass is 9.98. The lowest BCUT2D eigenvalue weighted by Crippen LogP contribution is -2.71. The molecule has 1 fully saturated rings. The Morgan fingerprint density at radius 2 is 1.74 bits per heavy atom. The average molecular weight is 773 g/mol. The zero-order chi connectivity index (χ0) is 38.8. The number of anilines is 1. The summed E-state index contributed by atoms with van der Waals surface area (Å²) in [5.41, 5.74) is 13.9. The van der Waals surface area contributed by atoms with Crippen LogP contribution in [0.5, 0.6) is 0 Å². The number of aliphatic carboxylic acids is 1. The molecule has 0 bridgehead atoms. The highest BCUT2D eigenvalue weighted by Crippen LogP contribution is 2.44. The van der Waals surface area contributed by atoms with Gasteiger partial charge in [0.05, 0.1) is 18.3 Å². The predicted molar refractivity (Wildman–Crippen MR) is 199 cm³/mol. The number of nitrogens with zero attached hydrogens (tertiary/aromatic N) is 7. The molecule has 4 heterocycles. The molecule has 54 heavy (non-hydrogen) atoms. The van der Waals surface area contributed by atoms with Crippen LogP contribution in [0.3, 0.4) is 0 Å². The van der Waals surface area contributed by atoms with Crippen LogP contribution in [0.1, 0.15) is 31.0 Å². The summed E-state index contributed by atoms with van der Waals surface area (Å²) in [6.07, 6.45) is 0. The number of carboxylic acids is 1. The molecule has 4 atom stereocenters. The van der Waals surface area contributed by atoms with Gasteiger partial charge < -0.3 is 26.5 Å². The SMILES string of the molecule is CC(=O)N(C(=O)[C@H](C)N)c1ccc(-c2ccc(CN(C(=O)C(N)c3ccccc3)C3C(=O)N4C(C(=O)O)=C(CSc5nnnn5C)CS[C@@H]34)c(=O)[nH]2)cc1. The first-order valence-corrected chi connectivity index (χ1v) is 18.6. The number of fused-ring (bicyclic) bond motifs is 1. The van der Waals surface area contributed by atoms with E-state index in [1.807, 2.05) is 0 Å².